The summed E-state index contributed by atoms with van der Waals surface area (Å²) in [6.07, 6.45) is 2.02. The van der Waals surface area contributed by atoms with Crippen LogP contribution in [0.15, 0.2) is 18.2 Å². The molecular weight excluding hydrogens is 279 g/mol. The molecule has 1 heterocycles. The molecule has 0 aromatic heterocycles. The molecule has 1 aromatic rings. The van der Waals surface area contributed by atoms with Crippen LogP contribution in [0.3, 0.4) is 0 Å². The highest BCUT2D eigenvalue weighted by Gasteiger charge is 2.36. The highest BCUT2D eigenvalue weighted by molar-refractivity contribution is 5.80. The third-order valence-electron chi connectivity index (χ3n) is 4.03. The van der Waals surface area contributed by atoms with Gasteiger partial charge in [0.25, 0.3) is 0 Å². The Bertz CT molecular complexity index is 564. The Morgan fingerprint density at radius 2 is 2.29 bits per heavy atom. The second kappa shape index (κ2) is 6.07. The lowest BCUT2D eigenvalue weighted by molar-refractivity contribution is -0.386. The molecule has 21 heavy (non-hydrogen) atoms. The van der Waals surface area contributed by atoms with Crippen LogP contribution in [0.5, 0.6) is 0 Å². The highest BCUT2D eigenvalue weighted by atomic mass is 19.1. The van der Waals surface area contributed by atoms with E-state index in [9.17, 15) is 24.4 Å². The van der Waals surface area contributed by atoms with Crippen molar-refractivity contribution >= 4 is 17.3 Å². The Labute approximate surface area is 121 Å². The second-order valence-electron chi connectivity index (χ2n) is 5.21. The number of para-hydroxylation sites is 1. The standard InChI is InChI=1S/C14H17FN2O4/c1-2-9-6-7-16(12(8-9)14(18)19)11-5-3-4-10(15)13(11)17(20)21/h3-5,9,12H,2,6-8H2,1H3,(H,18,19). The fourth-order valence-corrected chi connectivity index (χ4v) is 2.85. The van der Waals surface area contributed by atoms with E-state index in [2.05, 4.69) is 0 Å². The monoisotopic (exact) mass is 296 g/mol. The van der Waals surface area contributed by atoms with Gasteiger partial charge in [0.2, 0.25) is 5.82 Å². The molecule has 2 rings (SSSR count). The van der Waals surface area contributed by atoms with Crippen molar-refractivity contribution in [2.45, 2.75) is 32.2 Å². The summed E-state index contributed by atoms with van der Waals surface area (Å²) < 4.78 is 13.7. The van der Waals surface area contributed by atoms with Crippen LogP contribution in [0.4, 0.5) is 15.8 Å². The molecule has 1 aliphatic rings. The van der Waals surface area contributed by atoms with E-state index in [1.54, 1.807) is 0 Å². The molecule has 114 valence electrons. The van der Waals surface area contributed by atoms with Crippen LogP contribution in [-0.4, -0.2) is 28.6 Å². The summed E-state index contributed by atoms with van der Waals surface area (Å²) in [6.45, 7) is 2.36. The van der Waals surface area contributed by atoms with Gasteiger partial charge in [-0.05, 0) is 30.9 Å². The lowest BCUT2D eigenvalue weighted by atomic mass is 9.88. The van der Waals surface area contributed by atoms with Gasteiger partial charge >= 0.3 is 11.7 Å². The number of carboxylic acids is 1. The number of nitro groups is 1. The van der Waals surface area contributed by atoms with Gasteiger partial charge in [0.15, 0.2) is 0 Å². The number of hydrogen-bond donors (Lipinski definition) is 1. The molecule has 0 spiro atoms. The molecular formula is C14H17FN2O4. The second-order valence-corrected chi connectivity index (χ2v) is 5.21. The average molecular weight is 296 g/mol. The van der Waals surface area contributed by atoms with E-state index in [0.717, 1.165) is 18.9 Å². The smallest absolute Gasteiger partial charge is 0.327 e. The molecule has 1 N–H and O–H groups in total. The molecule has 0 saturated carbocycles. The van der Waals surface area contributed by atoms with Gasteiger partial charge in [-0.15, -0.1) is 0 Å². The molecule has 1 fully saturated rings. The Kier molecular flexibility index (Phi) is 4.40. The minimum Gasteiger partial charge on any atom is -0.480 e. The predicted molar refractivity (Wildman–Crippen MR) is 74.8 cm³/mol. The summed E-state index contributed by atoms with van der Waals surface area (Å²) in [5, 5.41) is 20.5. The van der Waals surface area contributed by atoms with Crippen molar-refractivity contribution in [1.29, 1.82) is 0 Å². The van der Waals surface area contributed by atoms with Crippen molar-refractivity contribution in [2.75, 3.05) is 11.4 Å². The van der Waals surface area contributed by atoms with Crippen LogP contribution < -0.4 is 4.90 Å². The van der Waals surface area contributed by atoms with Crippen molar-refractivity contribution in [3.05, 3.63) is 34.1 Å². The third kappa shape index (κ3) is 2.96. The number of carbonyl (C=O) groups is 1. The molecule has 7 heteroatoms. The van der Waals surface area contributed by atoms with Gasteiger partial charge in [-0.1, -0.05) is 19.4 Å². The summed E-state index contributed by atoms with van der Waals surface area (Å²) >= 11 is 0. The third-order valence-corrected chi connectivity index (χ3v) is 4.03. The van der Waals surface area contributed by atoms with E-state index in [1.165, 1.54) is 17.0 Å². The number of benzene rings is 1. The lowest BCUT2D eigenvalue weighted by Gasteiger charge is -2.38. The number of aliphatic carboxylic acids is 1. The van der Waals surface area contributed by atoms with Crippen molar-refractivity contribution < 1.29 is 19.2 Å². The van der Waals surface area contributed by atoms with Crippen LogP contribution in [0.2, 0.25) is 0 Å². The molecule has 2 atom stereocenters. The minimum atomic E-state index is -1.04. The van der Waals surface area contributed by atoms with Gasteiger partial charge in [-0.3, -0.25) is 10.1 Å². The number of hydrogen-bond acceptors (Lipinski definition) is 4. The van der Waals surface area contributed by atoms with Crippen molar-refractivity contribution in [2.24, 2.45) is 5.92 Å². The molecule has 0 aliphatic carbocycles. The van der Waals surface area contributed by atoms with E-state index >= 15 is 0 Å². The van der Waals surface area contributed by atoms with Gasteiger partial charge in [0, 0.05) is 6.54 Å². The van der Waals surface area contributed by atoms with Crippen molar-refractivity contribution in [3.8, 4) is 0 Å². The summed E-state index contributed by atoms with van der Waals surface area (Å²) in [4.78, 5) is 23.2. The Balaban J connectivity index is 2.42. The molecule has 1 saturated heterocycles. The van der Waals surface area contributed by atoms with E-state index in [4.69, 9.17) is 0 Å². The largest absolute Gasteiger partial charge is 0.480 e. The molecule has 0 amide bonds. The number of carboxylic acid groups (broad SMARTS) is 1. The van der Waals surface area contributed by atoms with Crippen molar-refractivity contribution in [3.63, 3.8) is 0 Å². The van der Waals surface area contributed by atoms with Gasteiger partial charge in [0.1, 0.15) is 11.7 Å². The average Bonchev–Trinajstić information content (AvgIpc) is 2.45. The number of halogens is 1. The van der Waals surface area contributed by atoms with E-state index < -0.39 is 28.4 Å². The van der Waals surface area contributed by atoms with Gasteiger partial charge in [-0.2, -0.15) is 4.39 Å². The fraction of sp³-hybridized carbons (Fsp3) is 0.500. The summed E-state index contributed by atoms with van der Waals surface area (Å²) in [5.41, 5.74) is -0.611. The van der Waals surface area contributed by atoms with Crippen LogP contribution in [0.1, 0.15) is 26.2 Å². The molecule has 2 unspecified atom stereocenters. The summed E-state index contributed by atoms with van der Waals surface area (Å²) in [5.74, 6) is -1.71. The van der Waals surface area contributed by atoms with Crippen LogP contribution in [-0.2, 0) is 4.79 Å². The first-order valence-electron chi connectivity index (χ1n) is 6.88. The molecule has 1 aromatic carbocycles. The first-order valence-corrected chi connectivity index (χ1v) is 6.88. The molecule has 1 aliphatic heterocycles. The number of nitrogens with zero attached hydrogens (tertiary/aromatic N) is 2. The van der Waals surface area contributed by atoms with Gasteiger partial charge < -0.3 is 10.0 Å². The van der Waals surface area contributed by atoms with Gasteiger partial charge in [0.05, 0.1) is 4.92 Å². The topological polar surface area (TPSA) is 83.7 Å². The Morgan fingerprint density at radius 1 is 1.57 bits per heavy atom. The van der Waals surface area contributed by atoms with Crippen LogP contribution in [0, 0.1) is 21.8 Å². The van der Waals surface area contributed by atoms with Crippen molar-refractivity contribution in [1.82, 2.24) is 0 Å². The molecule has 0 radical (unpaired) electrons. The zero-order valence-corrected chi connectivity index (χ0v) is 11.7. The van der Waals surface area contributed by atoms with E-state index in [0.29, 0.717) is 13.0 Å². The SMILES string of the molecule is CCC1CCN(c2cccc(F)c2[N+](=O)[O-])C(C(=O)O)C1. The maximum atomic E-state index is 13.7. The first kappa shape index (κ1) is 15.2. The lowest BCUT2D eigenvalue weighted by Crippen LogP contribution is -2.47. The van der Waals surface area contributed by atoms with Crippen LogP contribution in [0.25, 0.3) is 0 Å². The number of nitro benzene ring substituents is 1. The minimum absolute atomic E-state index is 0.0435. The highest BCUT2D eigenvalue weighted by Crippen LogP contribution is 2.36. The molecule has 6 nitrogen and oxygen atoms in total. The summed E-state index contributed by atoms with van der Waals surface area (Å²) in [6, 6.07) is 2.92. The maximum absolute atomic E-state index is 13.7. The Hall–Kier alpha value is -2.18. The number of anilines is 1. The zero-order valence-electron chi connectivity index (χ0n) is 11.7. The zero-order chi connectivity index (χ0) is 15.6. The van der Waals surface area contributed by atoms with E-state index in [1.807, 2.05) is 6.92 Å². The maximum Gasteiger partial charge on any atom is 0.327 e. The quantitative estimate of drug-likeness (QED) is 0.682. The van der Waals surface area contributed by atoms with Gasteiger partial charge in [-0.25, -0.2) is 4.79 Å². The Morgan fingerprint density at radius 3 is 2.86 bits per heavy atom. The number of rotatable bonds is 4. The summed E-state index contributed by atoms with van der Waals surface area (Å²) in [7, 11) is 0. The number of piperidine rings is 1. The normalized spacial score (nSPS) is 22.1. The first-order chi connectivity index (χ1) is 9.95. The van der Waals surface area contributed by atoms with E-state index in [-0.39, 0.29) is 11.6 Å². The fourth-order valence-electron chi connectivity index (χ4n) is 2.85. The van der Waals surface area contributed by atoms with Crippen LogP contribution >= 0.6 is 0 Å². The predicted octanol–water partition coefficient (Wildman–Crippen LogP) is 2.81. The molecule has 0 bridgehead atoms.